The van der Waals surface area contributed by atoms with Crippen LogP contribution in [0.4, 0.5) is 11.6 Å². The number of fused-ring (bicyclic) bond motifs is 2. The summed E-state index contributed by atoms with van der Waals surface area (Å²) in [5.41, 5.74) is 2.60. The number of H-pyrrole nitrogens is 1. The van der Waals surface area contributed by atoms with Crippen molar-refractivity contribution in [2.45, 2.75) is 0 Å². The van der Waals surface area contributed by atoms with Gasteiger partial charge in [0.1, 0.15) is 11.3 Å². The first-order valence-corrected chi connectivity index (χ1v) is 6.78. The molecule has 0 spiro atoms. The molecule has 0 unspecified atom stereocenters. The Morgan fingerprint density at radius 3 is 3.15 bits per heavy atom. The first-order chi connectivity index (χ1) is 9.79. The predicted octanol–water partition coefficient (Wildman–Crippen LogP) is 3.11. The third-order valence-corrected chi connectivity index (χ3v) is 3.68. The van der Waals surface area contributed by atoms with Crippen LogP contribution in [0.1, 0.15) is 0 Å². The Labute approximate surface area is 122 Å². The van der Waals surface area contributed by atoms with Gasteiger partial charge in [-0.05, 0) is 28.1 Å². The summed E-state index contributed by atoms with van der Waals surface area (Å²) >= 11 is 3.44. The lowest BCUT2D eigenvalue weighted by molar-refractivity contribution is 1.16. The van der Waals surface area contributed by atoms with E-state index in [-0.39, 0.29) is 0 Å². The highest BCUT2D eigenvalue weighted by Crippen LogP contribution is 2.22. The molecule has 0 atom stereocenters. The molecule has 98 valence electrons. The van der Waals surface area contributed by atoms with Crippen LogP contribution < -0.4 is 5.32 Å². The fourth-order valence-corrected chi connectivity index (χ4v) is 2.46. The Morgan fingerprint density at radius 1 is 1.25 bits per heavy atom. The lowest BCUT2D eigenvalue weighted by atomic mass is 10.4. The van der Waals surface area contributed by atoms with Crippen molar-refractivity contribution in [1.29, 1.82) is 0 Å². The third kappa shape index (κ3) is 1.83. The van der Waals surface area contributed by atoms with E-state index in [0.717, 1.165) is 26.8 Å². The van der Waals surface area contributed by atoms with E-state index in [2.05, 4.69) is 41.2 Å². The van der Waals surface area contributed by atoms with Crippen LogP contribution in [-0.2, 0) is 0 Å². The summed E-state index contributed by atoms with van der Waals surface area (Å²) in [6, 6.07) is 3.88. The molecule has 0 aromatic carbocycles. The molecule has 20 heavy (non-hydrogen) atoms. The zero-order chi connectivity index (χ0) is 13.5. The summed E-state index contributed by atoms with van der Waals surface area (Å²) in [6.07, 6.45) is 9.23. The van der Waals surface area contributed by atoms with Crippen molar-refractivity contribution in [3.8, 4) is 0 Å². The molecule has 0 aliphatic heterocycles. The highest BCUT2D eigenvalue weighted by atomic mass is 79.9. The number of pyridine rings is 1. The molecule has 0 amide bonds. The van der Waals surface area contributed by atoms with Gasteiger partial charge in [0.05, 0.1) is 11.1 Å². The molecule has 2 N–H and O–H groups in total. The van der Waals surface area contributed by atoms with Gasteiger partial charge >= 0.3 is 0 Å². The fraction of sp³-hybridized carbons (Fsp3) is 0. The maximum Gasteiger partial charge on any atom is 0.229 e. The molecule has 4 heterocycles. The molecular formula is C13H9BrN6. The van der Waals surface area contributed by atoms with Gasteiger partial charge in [-0.15, -0.1) is 0 Å². The van der Waals surface area contributed by atoms with Gasteiger partial charge in [-0.1, -0.05) is 0 Å². The molecule has 4 rings (SSSR count). The van der Waals surface area contributed by atoms with Crippen LogP contribution in [0, 0.1) is 0 Å². The van der Waals surface area contributed by atoms with Gasteiger partial charge in [0.15, 0.2) is 0 Å². The second-order valence-electron chi connectivity index (χ2n) is 4.33. The molecule has 0 aliphatic rings. The minimum atomic E-state index is 0.548. The molecule has 4 aromatic heterocycles. The Hall–Kier alpha value is -2.41. The average molecular weight is 329 g/mol. The van der Waals surface area contributed by atoms with E-state index in [4.69, 9.17) is 0 Å². The highest BCUT2D eigenvalue weighted by molar-refractivity contribution is 9.10. The molecule has 0 saturated heterocycles. The van der Waals surface area contributed by atoms with Gasteiger partial charge in [-0.2, -0.15) is 4.98 Å². The van der Waals surface area contributed by atoms with Gasteiger partial charge < -0.3 is 14.7 Å². The van der Waals surface area contributed by atoms with Crippen molar-refractivity contribution in [3.05, 3.63) is 47.6 Å². The fourth-order valence-electron chi connectivity index (χ4n) is 2.06. The quantitative estimate of drug-likeness (QED) is 0.593. The van der Waals surface area contributed by atoms with Crippen molar-refractivity contribution in [3.63, 3.8) is 0 Å². The monoisotopic (exact) mass is 328 g/mol. The molecule has 6 nitrogen and oxygen atoms in total. The summed E-state index contributed by atoms with van der Waals surface area (Å²) in [7, 11) is 0. The maximum atomic E-state index is 4.43. The van der Waals surface area contributed by atoms with Crippen LogP contribution in [0.2, 0.25) is 0 Å². The summed E-state index contributed by atoms with van der Waals surface area (Å²) < 4.78 is 2.89. The zero-order valence-electron chi connectivity index (χ0n) is 10.2. The number of rotatable bonds is 2. The summed E-state index contributed by atoms with van der Waals surface area (Å²) in [5, 5.41) is 4.14. The van der Waals surface area contributed by atoms with Gasteiger partial charge in [0.2, 0.25) is 5.95 Å². The van der Waals surface area contributed by atoms with Crippen LogP contribution in [0.15, 0.2) is 47.6 Å². The number of hydrogen-bond acceptors (Lipinski definition) is 4. The third-order valence-electron chi connectivity index (χ3n) is 3.03. The van der Waals surface area contributed by atoms with Crippen LogP contribution in [0.5, 0.6) is 0 Å². The average Bonchev–Trinajstić information content (AvgIpc) is 3.05. The second-order valence-corrected chi connectivity index (χ2v) is 5.18. The first-order valence-electron chi connectivity index (χ1n) is 5.99. The molecule has 0 bridgehead atoms. The lowest BCUT2D eigenvalue weighted by Crippen LogP contribution is -1.98. The normalized spacial score (nSPS) is 11.2. The van der Waals surface area contributed by atoms with Crippen LogP contribution >= 0.6 is 15.9 Å². The van der Waals surface area contributed by atoms with Gasteiger partial charge in [0.25, 0.3) is 0 Å². The number of halogens is 1. The van der Waals surface area contributed by atoms with Gasteiger partial charge in [-0.3, -0.25) is 0 Å². The van der Waals surface area contributed by atoms with Gasteiger partial charge in [0, 0.05) is 35.5 Å². The topological polar surface area (TPSA) is 70.9 Å². The minimum absolute atomic E-state index is 0.548. The minimum Gasteiger partial charge on any atom is -0.345 e. The zero-order valence-corrected chi connectivity index (χ0v) is 11.8. The molecule has 0 aliphatic carbocycles. The Balaban J connectivity index is 1.72. The van der Waals surface area contributed by atoms with E-state index < -0.39 is 0 Å². The standard InChI is InChI=1S/C13H9BrN6/c14-10-6-16-12-9(10)5-17-13(19-12)18-8-1-2-11-15-3-4-20(11)7-8/h1-7H,(H2,16,17,18,19). The van der Waals surface area contributed by atoms with E-state index in [1.807, 2.05) is 35.1 Å². The van der Waals surface area contributed by atoms with E-state index in [1.54, 1.807) is 12.4 Å². The van der Waals surface area contributed by atoms with Crippen molar-refractivity contribution in [2.24, 2.45) is 0 Å². The van der Waals surface area contributed by atoms with Crippen molar-refractivity contribution < 1.29 is 0 Å². The summed E-state index contributed by atoms with van der Waals surface area (Å²) in [6.45, 7) is 0. The first kappa shape index (κ1) is 11.4. The number of aromatic amines is 1. The molecular weight excluding hydrogens is 320 g/mol. The molecule has 0 saturated carbocycles. The lowest BCUT2D eigenvalue weighted by Gasteiger charge is -2.05. The smallest absolute Gasteiger partial charge is 0.229 e. The number of aromatic nitrogens is 5. The molecule has 0 radical (unpaired) electrons. The van der Waals surface area contributed by atoms with Crippen molar-refractivity contribution in [1.82, 2.24) is 24.3 Å². The molecule has 0 fully saturated rings. The van der Waals surface area contributed by atoms with E-state index in [1.165, 1.54) is 0 Å². The summed E-state index contributed by atoms with van der Waals surface area (Å²) in [4.78, 5) is 16.0. The summed E-state index contributed by atoms with van der Waals surface area (Å²) in [5.74, 6) is 0.548. The van der Waals surface area contributed by atoms with Crippen molar-refractivity contribution >= 4 is 44.2 Å². The van der Waals surface area contributed by atoms with Crippen molar-refractivity contribution in [2.75, 3.05) is 5.32 Å². The van der Waals surface area contributed by atoms with E-state index >= 15 is 0 Å². The molecule has 4 aromatic rings. The second kappa shape index (κ2) is 4.31. The Kier molecular flexibility index (Phi) is 2.46. The van der Waals surface area contributed by atoms with E-state index in [9.17, 15) is 0 Å². The number of nitrogens with one attached hydrogen (secondary N) is 2. The van der Waals surface area contributed by atoms with Gasteiger partial charge in [-0.25, -0.2) is 9.97 Å². The number of nitrogens with zero attached hydrogens (tertiary/aromatic N) is 4. The Bertz CT molecular complexity index is 909. The maximum absolute atomic E-state index is 4.43. The Morgan fingerprint density at radius 2 is 2.20 bits per heavy atom. The highest BCUT2D eigenvalue weighted by Gasteiger charge is 2.05. The molecule has 7 heteroatoms. The van der Waals surface area contributed by atoms with Crippen LogP contribution in [0.3, 0.4) is 0 Å². The largest absolute Gasteiger partial charge is 0.345 e. The number of imidazole rings is 1. The SMILES string of the molecule is Brc1c[nH]c2nc(Nc3ccc4nccn4c3)ncc12. The van der Waals surface area contributed by atoms with Crippen LogP contribution in [-0.4, -0.2) is 24.3 Å². The number of hydrogen-bond donors (Lipinski definition) is 2. The number of anilines is 2. The van der Waals surface area contributed by atoms with E-state index in [0.29, 0.717) is 5.95 Å². The predicted molar refractivity (Wildman–Crippen MR) is 80.1 cm³/mol. The van der Waals surface area contributed by atoms with Crippen LogP contribution in [0.25, 0.3) is 16.7 Å².